The third-order valence-corrected chi connectivity index (χ3v) is 2.44. The highest BCUT2D eigenvalue weighted by Gasteiger charge is 2.20. The fraction of sp³-hybridized carbons (Fsp3) is 0.444. The van der Waals surface area contributed by atoms with Gasteiger partial charge in [0.1, 0.15) is 6.10 Å². The molecule has 0 spiro atoms. The first-order valence-corrected chi connectivity index (χ1v) is 4.89. The van der Waals surface area contributed by atoms with E-state index in [0.29, 0.717) is 11.4 Å². The molecule has 1 rings (SSSR count). The van der Waals surface area contributed by atoms with Crippen LogP contribution in [0.3, 0.4) is 0 Å². The first-order chi connectivity index (χ1) is 6.57. The molecule has 0 aliphatic heterocycles. The number of nitrogens with two attached hydrogens (primary N) is 1. The van der Waals surface area contributed by atoms with Crippen molar-refractivity contribution in [1.29, 1.82) is 0 Å². The number of pyridine rings is 1. The maximum Gasteiger partial charge on any atom is 0.125 e. The van der Waals surface area contributed by atoms with Gasteiger partial charge in [0, 0.05) is 11.9 Å². The van der Waals surface area contributed by atoms with Crippen LogP contribution in [0.25, 0.3) is 0 Å². The van der Waals surface area contributed by atoms with Gasteiger partial charge in [-0.25, -0.2) is 0 Å². The second-order valence-corrected chi connectivity index (χ2v) is 3.49. The summed E-state index contributed by atoms with van der Waals surface area (Å²) in [6, 6.07) is 1.75. The van der Waals surface area contributed by atoms with Gasteiger partial charge >= 0.3 is 0 Å². The lowest BCUT2D eigenvalue weighted by atomic mass is 10.1. The van der Waals surface area contributed by atoms with Gasteiger partial charge in [0.25, 0.3) is 0 Å². The molecule has 1 aromatic heterocycles. The number of thiol groups is 1. The average Bonchev–Trinajstić information content (AvgIpc) is 2.20. The lowest BCUT2D eigenvalue weighted by Crippen LogP contribution is -2.22. The number of hydrogen-bond donors (Lipinski definition) is 4. The van der Waals surface area contributed by atoms with Crippen LogP contribution in [0.15, 0.2) is 12.3 Å². The van der Waals surface area contributed by atoms with Gasteiger partial charge < -0.3 is 15.9 Å². The highest BCUT2D eigenvalue weighted by atomic mass is 32.1. The first kappa shape index (κ1) is 11.3. The standard InChI is InChI=1S/C9H14N2O2S/c1-5-2-3-11-8(7(5)10)9(13)6(12)4-14/h2-3,6,9,12-14H,4,10H2,1H3. The highest BCUT2D eigenvalue weighted by molar-refractivity contribution is 7.80. The molecule has 0 saturated carbocycles. The fourth-order valence-electron chi connectivity index (χ4n) is 1.11. The summed E-state index contributed by atoms with van der Waals surface area (Å²) in [5, 5.41) is 19.0. The van der Waals surface area contributed by atoms with E-state index in [1.807, 2.05) is 6.92 Å². The van der Waals surface area contributed by atoms with Crippen LogP contribution in [-0.4, -0.2) is 27.1 Å². The second-order valence-electron chi connectivity index (χ2n) is 3.12. The zero-order valence-electron chi connectivity index (χ0n) is 7.88. The molecule has 4 nitrogen and oxygen atoms in total. The van der Waals surface area contributed by atoms with E-state index in [2.05, 4.69) is 17.6 Å². The molecule has 78 valence electrons. The molecular weight excluding hydrogens is 200 g/mol. The van der Waals surface area contributed by atoms with E-state index in [1.165, 1.54) is 0 Å². The molecule has 2 unspecified atom stereocenters. The SMILES string of the molecule is Cc1ccnc(C(O)C(O)CS)c1N. The van der Waals surface area contributed by atoms with Crippen molar-refractivity contribution in [2.45, 2.75) is 19.1 Å². The van der Waals surface area contributed by atoms with Gasteiger partial charge in [0.15, 0.2) is 0 Å². The predicted molar refractivity (Wildman–Crippen MR) is 58.2 cm³/mol. The Morgan fingerprint density at radius 1 is 1.57 bits per heavy atom. The largest absolute Gasteiger partial charge is 0.397 e. The van der Waals surface area contributed by atoms with Gasteiger partial charge in [-0.1, -0.05) is 0 Å². The third-order valence-electron chi connectivity index (χ3n) is 2.07. The number of anilines is 1. The monoisotopic (exact) mass is 214 g/mol. The Balaban J connectivity index is 3.01. The van der Waals surface area contributed by atoms with Crippen LogP contribution in [0.5, 0.6) is 0 Å². The predicted octanol–water partition coefficient (Wildman–Crippen LogP) is 0.296. The number of aliphatic hydroxyl groups is 2. The normalized spacial score (nSPS) is 15.1. The molecule has 0 saturated heterocycles. The minimum absolute atomic E-state index is 0.163. The van der Waals surface area contributed by atoms with Gasteiger partial charge in [0.2, 0.25) is 0 Å². The first-order valence-electron chi connectivity index (χ1n) is 4.26. The van der Waals surface area contributed by atoms with Crippen molar-refractivity contribution in [3.8, 4) is 0 Å². The van der Waals surface area contributed by atoms with E-state index >= 15 is 0 Å². The molecule has 0 aliphatic carbocycles. The van der Waals surface area contributed by atoms with Gasteiger partial charge in [-0.3, -0.25) is 4.98 Å². The minimum Gasteiger partial charge on any atom is -0.397 e. The molecule has 5 heteroatoms. The maximum absolute atomic E-state index is 9.65. The number of nitrogen functional groups attached to an aromatic ring is 1. The van der Waals surface area contributed by atoms with Crippen molar-refractivity contribution in [3.05, 3.63) is 23.5 Å². The van der Waals surface area contributed by atoms with Crippen molar-refractivity contribution < 1.29 is 10.2 Å². The van der Waals surface area contributed by atoms with Crippen molar-refractivity contribution in [3.63, 3.8) is 0 Å². The van der Waals surface area contributed by atoms with Crippen molar-refractivity contribution in [2.75, 3.05) is 11.5 Å². The second kappa shape index (κ2) is 4.63. The van der Waals surface area contributed by atoms with Crippen LogP contribution in [0.1, 0.15) is 17.4 Å². The Labute approximate surface area is 88.2 Å². The summed E-state index contributed by atoms with van der Waals surface area (Å²) >= 11 is 3.89. The summed E-state index contributed by atoms with van der Waals surface area (Å²) in [6.07, 6.45) is -0.475. The summed E-state index contributed by atoms with van der Waals surface area (Å²) in [5.74, 6) is 0.163. The molecule has 1 aromatic rings. The summed E-state index contributed by atoms with van der Waals surface area (Å²) in [4.78, 5) is 3.94. The number of hydrogen-bond acceptors (Lipinski definition) is 5. The van der Waals surface area contributed by atoms with E-state index in [4.69, 9.17) is 5.73 Å². The van der Waals surface area contributed by atoms with Gasteiger partial charge in [-0.05, 0) is 18.6 Å². The van der Waals surface area contributed by atoms with Gasteiger partial charge in [-0.2, -0.15) is 12.6 Å². The molecule has 0 aromatic carbocycles. The number of rotatable bonds is 3. The topological polar surface area (TPSA) is 79.4 Å². The third kappa shape index (κ3) is 2.17. The Morgan fingerprint density at radius 3 is 2.79 bits per heavy atom. The molecule has 0 radical (unpaired) electrons. The number of nitrogens with zero attached hydrogens (tertiary/aromatic N) is 1. The molecule has 2 atom stereocenters. The molecule has 0 fully saturated rings. The Kier molecular flexibility index (Phi) is 3.74. The number of aromatic nitrogens is 1. The molecule has 0 aliphatic rings. The van der Waals surface area contributed by atoms with Crippen LogP contribution < -0.4 is 5.73 Å². The van der Waals surface area contributed by atoms with Crippen LogP contribution in [0.2, 0.25) is 0 Å². The molecule has 0 bridgehead atoms. The van der Waals surface area contributed by atoms with Crippen LogP contribution in [0, 0.1) is 6.92 Å². The molecule has 4 N–H and O–H groups in total. The van der Waals surface area contributed by atoms with Crippen molar-refractivity contribution in [1.82, 2.24) is 4.98 Å². The Morgan fingerprint density at radius 2 is 2.21 bits per heavy atom. The van der Waals surface area contributed by atoms with E-state index in [9.17, 15) is 10.2 Å². The van der Waals surface area contributed by atoms with E-state index in [0.717, 1.165) is 5.56 Å². The van der Waals surface area contributed by atoms with Crippen LogP contribution in [0.4, 0.5) is 5.69 Å². The summed E-state index contributed by atoms with van der Waals surface area (Å²) < 4.78 is 0. The van der Waals surface area contributed by atoms with E-state index in [1.54, 1.807) is 12.3 Å². The molecule has 14 heavy (non-hydrogen) atoms. The average molecular weight is 214 g/mol. The number of aryl methyl sites for hydroxylation is 1. The van der Waals surface area contributed by atoms with E-state index in [-0.39, 0.29) is 5.75 Å². The Hall–Kier alpha value is -0.780. The fourth-order valence-corrected chi connectivity index (χ4v) is 1.31. The molecule has 1 heterocycles. The highest BCUT2D eigenvalue weighted by Crippen LogP contribution is 2.23. The maximum atomic E-state index is 9.65. The molecular formula is C9H14N2O2S. The van der Waals surface area contributed by atoms with Crippen molar-refractivity contribution in [2.24, 2.45) is 0 Å². The van der Waals surface area contributed by atoms with Crippen molar-refractivity contribution >= 4 is 18.3 Å². The smallest absolute Gasteiger partial charge is 0.125 e. The Bertz CT molecular complexity index is 320. The lowest BCUT2D eigenvalue weighted by Gasteiger charge is -2.17. The quantitative estimate of drug-likeness (QED) is 0.546. The zero-order valence-corrected chi connectivity index (χ0v) is 8.78. The lowest BCUT2D eigenvalue weighted by molar-refractivity contribution is 0.0315. The van der Waals surface area contributed by atoms with Gasteiger partial charge in [-0.15, -0.1) is 0 Å². The van der Waals surface area contributed by atoms with Crippen LogP contribution in [-0.2, 0) is 0 Å². The summed E-state index contributed by atoms with van der Waals surface area (Å²) in [6.45, 7) is 1.82. The zero-order chi connectivity index (χ0) is 10.7. The van der Waals surface area contributed by atoms with Gasteiger partial charge in [0.05, 0.1) is 17.5 Å². The van der Waals surface area contributed by atoms with Crippen LogP contribution >= 0.6 is 12.6 Å². The summed E-state index contributed by atoms with van der Waals surface area (Å²) in [7, 11) is 0. The minimum atomic E-state index is -1.08. The van der Waals surface area contributed by atoms with E-state index < -0.39 is 12.2 Å². The summed E-state index contributed by atoms with van der Waals surface area (Å²) in [5.41, 5.74) is 7.28. The molecule has 0 amide bonds. The number of aliphatic hydroxyl groups excluding tert-OH is 2.